The Bertz CT molecular complexity index is 1680. The van der Waals surface area contributed by atoms with Crippen molar-refractivity contribution in [2.75, 3.05) is 36.0 Å². The van der Waals surface area contributed by atoms with Crippen LogP contribution in [0.1, 0.15) is 67.1 Å². The fraction of sp³-hybridized carbons (Fsp3) is 0.367. The average Bonchev–Trinajstić information content (AvgIpc) is 3.42. The van der Waals surface area contributed by atoms with Crippen molar-refractivity contribution < 1.29 is 38.7 Å². The van der Waals surface area contributed by atoms with E-state index < -0.39 is 53.8 Å². The van der Waals surface area contributed by atoms with Crippen LogP contribution in [0.2, 0.25) is 0 Å². The molecule has 7 rings (SSSR count). The number of nitrogens with one attached hydrogen (secondary N) is 2. The molecule has 3 saturated heterocycles. The van der Waals surface area contributed by atoms with Crippen LogP contribution in [-0.2, 0) is 14.4 Å². The van der Waals surface area contributed by atoms with Crippen LogP contribution < -0.4 is 20.4 Å². The fourth-order valence-electron chi connectivity index (χ4n) is 6.84. The standard InChI is InChI=1S/C30H28N6O8/c37-21-9-7-19(25(39)31-21)35-27(41)15-3-1-5-17(23(15)29(35)43)33-11-13-34(14-12-33)18-6-2-4-16-24(18)30(44)36(28(16)42)20-8-10-22(38)32-26(20)40/h1-6,19-20,25,39H,7-14H2,(H,31,37)(H,32,38,40). The van der Waals surface area contributed by atoms with Crippen molar-refractivity contribution in [2.24, 2.45) is 0 Å². The molecule has 3 unspecified atom stereocenters. The van der Waals surface area contributed by atoms with Crippen LogP contribution in [-0.4, -0.2) is 101 Å². The molecule has 2 aromatic carbocycles. The van der Waals surface area contributed by atoms with Gasteiger partial charge in [0, 0.05) is 39.0 Å². The summed E-state index contributed by atoms with van der Waals surface area (Å²) in [7, 11) is 0. The lowest BCUT2D eigenvalue weighted by molar-refractivity contribution is -0.136. The first-order valence-corrected chi connectivity index (χ1v) is 14.5. The number of aliphatic hydroxyl groups is 1. The normalized spacial score (nSPS) is 25.4. The van der Waals surface area contributed by atoms with Crippen LogP contribution in [0.25, 0.3) is 0 Å². The maximum absolute atomic E-state index is 13.6. The number of nitrogens with zero attached hydrogens (tertiary/aromatic N) is 4. The fourth-order valence-corrected chi connectivity index (χ4v) is 6.84. The third-order valence-corrected chi connectivity index (χ3v) is 9.00. The number of benzene rings is 2. The minimum absolute atomic E-state index is 0.0332. The second-order valence-electron chi connectivity index (χ2n) is 11.4. The molecule has 3 atom stereocenters. The van der Waals surface area contributed by atoms with Crippen LogP contribution in [0.4, 0.5) is 11.4 Å². The van der Waals surface area contributed by atoms with Crippen molar-refractivity contribution in [3.8, 4) is 0 Å². The Morgan fingerprint density at radius 1 is 0.636 bits per heavy atom. The number of anilines is 2. The molecule has 2 aromatic rings. The van der Waals surface area contributed by atoms with E-state index in [-0.39, 0.29) is 53.8 Å². The summed E-state index contributed by atoms with van der Waals surface area (Å²) in [4.78, 5) is 95.5. The molecule has 5 aliphatic rings. The SMILES string of the molecule is O=C1CCC(N2C(=O)c3cccc(N4CCN(c5cccc6c5C(=O)N(C5CCC(=O)NC5O)C6=O)CC4)c3C2=O)C(=O)N1. The molecule has 0 aromatic heterocycles. The van der Waals surface area contributed by atoms with E-state index in [4.69, 9.17) is 0 Å². The van der Waals surface area contributed by atoms with E-state index >= 15 is 0 Å². The van der Waals surface area contributed by atoms with Crippen molar-refractivity contribution in [1.29, 1.82) is 0 Å². The van der Waals surface area contributed by atoms with Gasteiger partial charge in [-0.2, -0.15) is 0 Å². The number of piperidine rings is 2. The van der Waals surface area contributed by atoms with Crippen molar-refractivity contribution >= 4 is 52.7 Å². The predicted molar refractivity (Wildman–Crippen MR) is 152 cm³/mol. The Labute approximate surface area is 250 Å². The van der Waals surface area contributed by atoms with Crippen LogP contribution in [0.3, 0.4) is 0 Å². The first kappa shape index (κ1) is 27.7. The molecule has 14 heteroatoms. The Balaban J connectivity index is 1.10. The van der Waals surface area contributed by atoms with Crippen molar-refractivity contribution in [2.45, 2.75) is 44.0 Å². The number of fused-ring (bicyclic) bond motifs is 2. The highest BCUT2D eigenvalue weighted by Gasteiger charge is 2.48. The molecule has 0 aliphatic carbocycles. The van der Waals surface area contributed by atoms with Crippen LogP contribution in [0.5, 0.6) is 0 Å². The monoisotopic (exact) mass is 600 g/mol. The highest BCUT2D eigenvalue weighted by Crippen LogP contribution is 2.37. The van der Waals surface area contributed by atoms with Gasteiger partial charge in [-0.05, 0) is 37.1 Å². The Morgan fingerprint density at radius 2 is 1.16 bits per heavy atom. The molecule has 0 bridgehead atoms. The van der Waals surface area contributed by atoms with Gasteiger partial charge in [0.2, 0.25) is 17.7 Å². The molecule has 0 radical (unpaired) electrons. The minimum Gasteiger partial charge on any atom is -0.372 e. The summed E-state index contributed by atoms with van der Waals surface area (Å²) in [5, 5.41) is 15.0. The number of carbonyl (C=O) groups is 7. The van der Waals surface area contributed by atoms with Gasteiger partial charge in [0.05, 0.1) is 39.7 Å². The van der Waals surface area contributed by atoms with E-state index in [2.05, 4.69) is 10.6 Å². The predicted octanol–water partition coefficient (Wildman–Crippen LogP) is -0.393. The number of imide groups is 3. The van der Waals surface area contributed by atoms with Gasteiger partial charge < -0.3 is 20.2 Å². The third kappa shape index (κ3) is 4.16. The van der Waals surface area contributed by atoms with Gasteiger partial charge in [0.15, 0.2) is 0 Å². The Morgan fingerprint density at radius 3 is 1.70 bits per heavy atom. The molecule has 0 saturated carbocycles. The van der Waals surface area contributed by atoms with E-state index in [0.717, 1.165) is 9.80 Å². The van der Waals surface area contributed by atoms with Gasteiger partial charge in [0.25, 0.3) is 23.6 Å². The summed E-state index contributed by atoms with van der Waals surface area (Å²) in [6, 6.07) is 8.10. The first-order chi connectivity index (χ1) is 21.2. The third-order valence-electron chi connectivity index (χ3n) is 9.00. The van der Waals surface area contributed by atoms with Crippen LogP contribution >= 0.6 is 0 Å². The Hall–Kier alpha value is -5.11. The van der Waals surface area contributed by atoms with E-state index in [1.807, 2.05) is 9.80 Å². The molecule has 3 N–H and O–H groups in total. The number of piperazine rings is 1. The quantitative estimate of drug-likeness (QED) is 0.392. The smallest absolute Gasteiger partial charge is 0.264 e. The second-order valence-corrected chi connectivity index (χ2v) is 11.4. The molecule has 5 aliphatic heterocycles. The number of hydrogen-bond acceptors (Lipinski definition) is 10. The van der Waals surface area contributed by atoms with E-state index in [0.29, 0.717) is 37.6 Å². The molecule has 3 fully saturated rings. The number of amides is 7. The summed E-state index contributed by atoms with van der Waals surface area (Å²) in [5.41, 5.74) is 2.02. The van der Waals surface area contributed by atoms with Crippen molar-refractivity contribution in [3.05, 3.63) is 58.7 Å². The molecule has 226 valence electrons. The Kier molecular flexibility index (Phi) is 6.46. The lowest BCUT2D eigenvalue weighted by atomic mass is 10.0. The topological polar surface area (TPSA) is 177 Å². The second kappa shape index (κ2) is 10.3. The molecule has 0 spiro atoms. The van der Waals surface area contributed by atoms with E-state index in [9.17, 15) is 38.7 Å². The minimum atomic E-state index is -1.35. The van der Waals surface area contributed by atoms with Crippen molar-refractivity contribution in [1.82, 2.24) is 20.4 Å². The van der Waals surface area contributed by atoms with Crippen LogP contribution in [0.15, 0.2) is 36.4 Å². The molecular weight excluding hydrogens is 572 g/mol. The summed E-state index contributed by atoms with van der Waals surface area (Å²) in [5.74, 6) is -3.65. The molecule has 44 heavy (non-hydrogen) atoms. The van der Waals surface area contributed by atoms with Gasteiger partial charge in [-0.25, -0.2) is 0 Å². The van der Waals surface area contributed by atoms with Crippen LogP contribution in [0, 0.1) is 0 Å². The lowest BCUT2D eigenvalue weighted by Gasteiger charge is -2.38. The number of aliphatic hydroxyl groups excluding tert-OH is 1. The molecular formula is C30H28N6O8. The van der Waals surface area contributed by atoms with Gasteiger partial charge in [-0.3, -0.25) is 48.7 Å². The van der Waals surface area contributed by atoms with Gasteiger partial charge in [-0.15, -0.1) is 0 Å². The zero-order valence-electron chi connectivity index (χ0n) is 23.4. The van der Waals surface area contributed by atoms with Gasteiger partial charge >= 0.3 is 0 Å². The molecule has 14 nitrogen and oxygen atoms in total. The molecule has 7 amide bonds. The van der Waals surface area contributed by atoms with E-state index in [1.165, 1.54) is 0 Å². The molecule has 5 heterocycles. The summed E-state index contributed by atoms with van der Waals surface area (Å²) in [6.07, 6.45) is -0.995. The zero-order valence-corrected chi connectivity index (χ0v) is 23.4. The highest BCUT2D eigenvalue weighted by atomic mass is 16.3. The van der Waals surface area contributed by atoms with E-state index in [1.54, 1.807) is 36.4 Å². The maximum Gasteiger partial charge on any atom is 0.264 e. The summed E-state index contributed by atoms with van der Waals surface area (Å²) in [6.45, 7) is 1.73. The number of carbonyl (C=O) groups excluding carboxylic acids is 7. The maximum atomic E-state index is 13.6. The average molecular weight is 601 g/mol. The largest absolute Gasteiger partial charge is 0.372 e. The number of hydrogen-bond donors (Lipinski definition) is 3. The lowest BCUT2D eigenvalue weighted by Crippen LogP contribution is -2.57. The number of rotatable bonds is 4. The summed E-state index contributed by atoms with van der Waals surface area (Å²) < 4.78 is 0. The highest BCUT2D eigenvalue weighted by molar-refractivity contribution is 6.26. The zero-order chi connectivity index (χ0) is 30.9. The summed E-state index contributed by atoms with van der Waals surface area (Å²) >= 11 is 0. The first-order valence-electron chi connectivity index (χ1n) is 14.5. The van der Waals surface area contributed by atoms with Gasteiger partial charge in [0.1, 0.15) is 12.3 Å². The van der Waals surface area contributed by atoms with Gasteiger partial charge in [-0.1, -0.05) is 12.1 Å². The van der Waals surface area contributed by atoms with Crippen molar-refractivity contribution in [3.63, 3.8) is 0 Å².